The lowest BCUT2D eigenvalue weighted by atomic mass is 10.1. The molecule has 0 aliphatic heterocycles. The number of nitrogens with zero attached hydrogens (tertiary/aromatic N) is 1. The molecule has 0 aliphatic rings. The second-order valence-corrected chi connectivity index (χ2v) is 4.54. The van der Waals surface area contributed by atoms with Crippen molar-refractivity contribution in [3.05, 3.63) is 34.3 Å². The fourth-order valence-corrected chi connectivity index (χ4v) is 2.07. The van der Waals surface area contributed by atoms with Gasteiger partial charge >= 0.3 is 0 Å². The van der Waals surface area contributed by atoms with E-state index in [0.29, 0.717) is 5.82 Å². The molecule has 4 heteroatoms. The fourth-order valence-electron chi connectivity index (χ4n) is 1.66. The molecule has 16 heavy (non-hydrogen) atoms. The van der Waals surface area contributed by atoms with E-state index in [1.54, 1.807) is 0 Å². The fraction of sp³-hybridized carbons (Fsp3) is 0.250. The van der Waals surface area contributed by atoms with Gasteiger partial charge in [-0.15, -0.1) is 0 Å². The van der Waals surface area contributed by atoms with Crippen LogP contribution in [0.1, 0.15) is 18.9 Å². The number of aromatic amines is 1. The highest BCUT2D eigenvalue weighted by Gasteiger charge is 2.09. The molecule has 84 valence electrons. The Kier molecular flexibility index (Phi) is 3.29. The predicted molar refractivity (Wildman–Crippen MR) is 70.1 cm³/mol. The number of aromatic nitrogens is 2. The summed E-state index contributed by atoms with van der Waals surface area (Å²) in [5, 5.41) is 6.88. The molecule has 0 radical (unpaired) electrons. The molecule has 2 aromatic rings. The minimum absolute atomic E-state index is 0.493. The Labute approximate surface area is 103 Å². The summed E-state index contributed by atoms with van der Waals surface area (Å²) in [5.74, 6) is 0.493. The lowest BCUT2D eigenvalue weighted by Crippen LogP contribution is -1.85. The van der Waals surface area contributed by atoms with Crippen LogP contribution in [0.2, 0.25) is 0 Å². The van der Waals surface area contributed by atoms with E-state index in [1.165, 1.54) is 12.0 Å². The lowest BCUT2D eigenvalue weighted by molar-refractivity contribution is 0.922. The number of nitrogens with one attached hydrogen (secondary N) is 1. The normalized spacial score (nSPS) is 10.6. The highest BCUT2D eigenvalue weighted by molar-refractivity contribution is 9.10. The van der Waals surface area contributed by atoms with Gasteiger partial charge in [0.05, 0.1) is 10.2 Å². The summed E-state index contributed by atoms with van der Waals surface area (Å²) in [6.45, 7) is 2.18. The van der Waals surface area contributed by atoms with Gasteiger partial charge in [0.2, 0.25) is 0 Å². The van der Waals surface area contributed by atoms with Crippen LogP contribution in [0.3, 0.4) is 0 Å². The van der Waals surface area contributed by atoms with Gasteiger partial charge in [0, 0.05) is 5.56 Å². The molecular weight excluding hydrogens is 266 g/mol. The smallest absolute Gasteiger partial charge is 0.160 e. The highest BCUT2D eigenvalue weighted by atomic mass is 79.9. The average Bonchev–Trinajstić information content (AvgIpc) is 2.62. The molecule has 0 saturated heterocycles. The number of halogens is 1. The van der Waals surface area contributed by atoms with Crippen LogP contribution in [0.15, 0.2) is 28.7 Å². The maximum Gasteiger partial charge on any atom is 0.160 e. The number of nitrogen functional groups attached to an aromatic ring is 1. The number of nitrogens with two attached hydrogens (primary N) is 1. The van der Waals surface area contributed by atoms with Crippen molar-refractivity contribution < 1.29 is 0 Å². The van der Waals surface area contributed by atoms with Gasteiger partial charge < -0.3 is 5.73 Å². The molecule has 3 N–H and O–H groups in total. The van der Waals surface area contributed by atoms with Gasteiger partial charge in [-0.3, -0.25) is 5.10 Å². The summed E-state index contributed by atoms with van der Waals surface area (Å²) in [6.07, 6.45) is 2.28. The van der Waals surface area contributed by atoms with Gasteiger partial charge in [-0.2, -0.15) is 5.10 Å². The molecule has 1 aromatic carbocycles. The zero-order chi connectivity index (χ0) is 11.5. The number of H-pyrrole nitrogens is 1. The molecule has 0 spiro atoms. The summed E-state index contributed by atoms with van der Waals surface area (Å²) in [4.78, 5) is 0. The molecule has 0 fully saturated rings. The second kappa shape index (κ2) is 4.70. The molecule has 1 aromatic heterocycles. The summed E-state index contributed by atoms with van der Waals surface area (Å²) >= 11 is 3.42. The molecule has 2 rings (SSSR count). The largest absolute Gasteiger partial charge is 0.381 e. The van der Waals surface area contributed by atoms with Crippen LogP contribution in [-0.2, 0) is 6.42 Å². The SMILES string of the molecule is CCCc1ccc(-c2[nH]nc(N)c2Br)cc1. The predicted octanol–water partition coefficient (Wildman–Crippen LogP) is 3.37. The van der Waals surface area contributed by atoms with Crippen LogP contribution in [0.4, 0.5) is 5.82 Å². The Morgan fingerprint density at radius 1 is 1.31 bits per heavy atom. The first-order valence-electron chi connectivity index (χ1n) is 5.31. The Morgan fingerprint density at radius 2 is 2.00 bits per heavy atom. The van der Waals surface area contributed by atoms with E-state index in [0.717, 1.165) is 22.2 Å². The number of benzene rings is 1. The van der Waals surface area contributed by atoms with Gasteiger partial charge in [-0.25, -0.2) is 0 Å². The molecule has 0 aliphatic carbocycles. The Balaban J connectivity index is 2.31. The van der Waals surface area contributed by atoms with E-state index in [1.807, 2.05) is 0 Å². The van der Waals surface area contributed by atoms with Crippen LogP contribution < -0.4 is 5.73 Å². The van der Waals surface area contributed by atoms with Crippen molar-refractivity contribution in [3.63, 3.8) is 0 Å². The minimum atomic E-state index is 0.493. The maximum atomic E-state index is 5.67. The highest BCUT2D eigenvalue weighted by Crippen LogP contribution is 2.30. The van der Waals surface area contributed by atoms with Crippen LogP contribution in [0.25, 0.3) is 11.3 Å². The van der Waals surface area contributed by atoms with Crippen molar-refractivity contribution in [2.75, 3.05) is 5.73 Å². The first-order chi connectivity index (χ1) is 7.72. The Hall–Kier alpha value is -1.29. The van der Waals surface area contributed by atoms with Crippen molar-refractivity contribution in [2.45, 2.75) is 19.8 Å². The first-order valence-corrected chi connectivity index (χ1v) is 6.10. The van der Waals surface area contributed by atoms with Crippen molar-refractivity contribution >= 4 is 21.7 Å². The third-order valence-corrected chi connectivity index (χ3v) is 3.32. The van der Waals surface area contributed by atoms with Crippen LogP contribution in [0, 0.1) is 0 Å². The minimum Gasteiger partial charge on any atom is -0.381 e. The number of hydrogen-bond donors (Lipinski definition) is 2. The number of anilines is 1. The van der Waals surface area contributed by atoms with Crippen molar-refractivity contribution in [1.82, 2.24) is 10.2 Å². The summed E-state index contributed by atoms with van der Waals surface area (Å²) < 4.78 is 0.829. The zero-order valence-corrected chi connectivity index (χ0v) is 10.7. The third-order valence-electron chi connectivity index (χ3n) is 2.51. The van der Waals surface area contributed by atoms with E-state index in [-0.39, 0.29) is 0 Å². The van der Waals surface area contributed by atoms with Gasteiger partial charge in [0.1, 0.15) is 0 Å². The van der Waals surface area contributed by atoms with E-state index < -0.39 is 0 Å². The van der Waals surface area contributed by atoms with E-state index in [4.69, 9.17) is 5.73 Å². The second-order valence-electron chi connectivity index (χ2n) is 3.74. The van der Waals surface area contributed by atoms with E-state index >= 15 is 0 Å². The maximum absolute atomic E-state index is 5.67. The number of aryl methyl sites for hydroxylation is 1. The monoisotopic (exact) mass is 279 g/mol. The van der Waals surface area contributed by atoms with Crippen molar-refractivity contribution in [1.29, 1.82) is 0 Å². The molecule has 0 unspecified atom stereocenters. The van der Waals surface area contributed by atoms with Crippen LogP contribution in [0.5, 0.6) is 0 Å². The Morgan fingerprint density at radius 3 is 2.50 bits per heavy atom. The van der Waals surface area contributed by atoms with E-state index in [2.05, 4.69) is 57.3 Å². The quantitative estimate of drug-likeness (QED) is 0.905. The number of hydrogen-bond acceptors (Lipinski definition) is 2. The standard InChI is InChI=1S/C12H14BrN3/c1-2-3-8-4-6-9(7-5-8)11-10(13)12(14)16-15-11/h4-7H,2-3H2,1H3,(H3,14,15,16). The molecule has 0 bridgehead atoms. The van der Waals surface area contributed by atoms with Gasteiger partial charge in [0.25, 0.3) is 0 Å². The molecule has 0 amide bonds. The summed E-state index contributed by atoms with van der Waals surface area (Å²) in [6, 6.07) is 8.45. The topological polar surface area (TPSA) is 54.7 Å². The van der Waals surface area contributed by atoms with Crippen LogP contribution >= 0.6 is 15.9 Å². The molecule has 0 saturated carbocycles. The van der Waals surface area contributed by atoms with Gasteiger partial charge in [-0.05, 0) is 27.9 Å². The van der Waals surface area contributed by atoms with Gasteiger partial charge in [0.15, 0.2) is 5.82 Å². The first kappa shape index (κ1) is 11.2. The van der Waals surface area contributed by atoms with Gasteiger partial charge in [-0.1, -0.05) is 37.6 Å². The Bertz CT molecular complexity index is 474. The third kappa shape index (κ3) is 2.11. The molecule has 0 atom stereocenters. The molecular formula is C12H14BrN3. The average molecular weight is 280 g/mol. The van der Waals surface area contributed by atoms with E-state index in [9.17, 15) is 0 Å². The number of rotatable bonds is 3. The summed E-state index contributed by atoms with van der Waals surface area (Å²) in [5.41, 5.74) is 9.05. The summed E-state index contributed by atoms with van der Waals surface area (Å²) in [7, 11) is 0. The lowest BCUT2D eigenvalue weighted by Gasteiger charge is -2.01. The van der Waals surface area contributed by atoms with Crippen molar-refractivity contribution in [2.24, 2.45) is 0 Å². The zero-order valence-electron chi connectivity index (χ0n) is 9.13. The van der Waals surface area contributed by atoms with Crippen LogP contribution in [-0.4, -0.2) is 10.2 Å². The molecule has 3 nitrogen and oxygen atoms in total. The molecule has 1 heterocycles. The van der Waals surface area contributed by atoms with Crippen molar-refractivity contribution in [3.8, 4) is 11.3 Å².